The van der Waals surface area contributed by atoms with Crippen LogP contribution in [-0.4, -0.2) is 35.9 Å². The van der Waals surface area contributed by atoms with E-state index < -0.39 is 5.97 Å². The molecule has 1 N–H and O–H groups in total. The molecule has 0 spiro atoms. The van der Waals surface area contributed by atoms with Gasteiger partial charge in [-0.3, -0.25) is 4.68 Å². The van der Waals surface area contributed by atoms with Crippen LogP contribution in [0.3, 0.4) is 0 Å². The Bertz CT molecular complexity index is 788. The molecule has 7 nitrogen and oxygen atoms in total. The number of carboxylic acid groups (broad SMARTS) is 1. The van der Waals surface area contributed by atoms with Crippen LogP contribution in [-0.2, 0) is 13.1 Å². The summed E-state index contributed by atoms with van der Waals surface area (Å²) in [7, 11) is 0. The third-order valence-corrected chi connectivity index (χ3v) is 3.23. The lowest BCUT2D eigenvalue weighted by molar-refractivity contribution is 0.0690. The third kappa shape index (κ3) is 3.20. The van der Waals surface area contributed by atoms with Gasteiger partial charge in [0.1, 0.15) is 0 Å². The van der Waals surface area contributed by atoms with E-state index in [1.807, 2.05) is 48.3 Å². The van der Waals surface area contributed by atoms with E-state index in [9.17, 15) is 4.79 Å². The van der Waals surface area contributed by atoms with E-state index in [0.29, 0.717) is 6.54 Å². The molecule has 0 bridgehead atoms. The lowest BCUT2D eigenvalue weighted by Crippen LogP contribution is -2.02. The molecule has 2 heterocycles. The summed E-state index contributed by atoms with van der Waals surface area (Å²) in [6, 6.07) is 8.05. The van der Waals surface area contributed by atoms with Crippen molar-refractivity contribution in [3.05, 3.63) is 65.2 Å². The number of rotatable bonds is 5. The molecule has 7 heteroatoms. The van der Waals surface area contributed by atoms with E-state index in [-0.39, 0.29) is 5.69 Å². The molecule has 1 aromatic carbocycles. The van der Waals surface area contributed by atoms with E-state index in [4.69, 9.17) is 5.11 Å². The first kappa shape index (κ1) is 14.0. The zero-order valence-electron chi connectivity index (χ0n) is 12.0. The van der Waals surface area contributed by atoms with Crippen molar-refractivity contribution in [3.8, 4) is 0 Å². The summed E-state index contributed by atoms with van der Waals surface area (Å²) in [5, 5.41) is 20.5. The van der Waals surface area contributed by atoms with E-state index >= 15 is 0 Å². The maximum absolute atomic E-state index is 10.8. The van der Waals surface area contributed by atoms with Crippen LogP contribution in [0.25, 0.3) is 0 Å². The first-order valence-electron chi connectivity index (χ1n) is 6.80. The number of nitrogens with zero attached hydrogens (tertiary/aromatic N) is 5. The lowest BCUT2D eigenvalue weighted by Gasteiger charge is -2.04. The molecular formula is C15H15N5O2. The van der Waals surface area contributed by atoms with Gasteiger partial charge in [0, 0.05) is 6.20 Å². The van der Waals surface area contributed by atoms with Crippen LogP contribution in [0.2, 0.25) is 0 Å². The minimum Gasteiger partial charge on any atom is -0.476 e. The quantitative estimate of drug-likeness (QED) is 0.772. The number of aryl methyl sites for hydroxylation is 1. The molecule has 0 fully saturated rings. The van der Waals surface area contributed by atoms with Crippen molar-refractivity contribution in [2.45, 2.75) is 20.0 Å². The molecule has 2 aromatic heterocycles. The zero-order valence-corrected chi connectivity index (χ0v) is 12.0. The topological polar surface area (TPSA) is 85.8 Å². The summed E-state index contributed by atoms with van der Waals surface area (Å²) in [6.07, 6.45) is 5.25. The van der Waals surface area contributed by atoms with Gasteiger partial charge in [-0.2, -0.15) is 5.10 Å². The Morgan fingerprint density at radius 3 is 2.23 bits per heavy atom. The van der Waals surface area contributed by atoms with Gasteiger partial charge in [0.25, 0.3) is 0 Å². The standard InChI is InChI=1S/C15H15N5O2/c1-11-6-16-19(7-11)8-12-2-4-13(5-3-12)9-20-10-14(15(21)22)17-18-20/h2-7,10H,8-9H2,1H3,(H,21,22). The zero-order chi connectivity index (χ0) is 15.5. The second kappa shape index (κ2) is 5.80. The fraction of sp³-hybridized carbons (Fsp3) is 0.200. The molecule has 3 rings (SSSR count). The normalized spacial score (nSPS) is 10.8. The van der Waals surface area contributed by atoms with Crippen molar-refractivity contribution in [1.82, 2.24) is 24.8 Å². The van der Waals surface area contributed by atoms with Crippen LogP contribution < -0.4 is 0 Å². The fourth-order valence-electron chi connectivity index (χ4n) is 2.15. The van der Waals surface area contributed by atoms with Crippen molar-refractivity contribution in [3.63, 3.8) is 0 Å². The summed E-state index contributed by atoms with van der Waals surface area (Å²) >= 11 is 0. The number of carboxylic acids is 1. The van der Waals surface area contributed by atoms with Gasteiger partial charge in [0.15, 0.2) is 5.69 Å². The number of aromatic nitrogens is 5. The molecular weight excluding hydrogens is 282 g/mol. The highest BCUT2D eigenvalue weighted by molar-refractivity contribution is 5.84. The van der Waals surface area contributed by atoms with Gasteiger partial charge < -0.3 is 5.11 Å². The molecule has 0 aliphatic carbocycles. The Morgan fingerprint density at radius 2 is 1.73 bits per heavy atom. The van der Waals surface area contributed by atoms with Gasteiger partial charge >= 0.3 is 5.97 Å². The van der Waals surface area contributed by atoms with Crippen LogP contribution in [0.5, 0.6) is 0 Å². The number of benzene rings is 1. The summed E-state index contributed by atoms with van der Waals surface area (Å²) in [5.74, 6) is -1.07. The van der Waals surface area contributed by atoms with Crippen molar-refractivity contribution in [2.75, 3.05) is 0 Å². The SMILES string of the molecule is Cc1cnn(Cc2ccc(Cn3cc(C(=O)O)nn3)cc2)c1. The highest BCUT2D eigenvalue weighted by Gasteiger charge is 2.08. The number of hydrogen-bond acceptors (Lipinski definition) is 4. The van der Waals surface area contributed by atoms with Crippen LogP contribution in [0.4, 0.5) is 0 Å². The highest BCUT2D eigenvalue weighted by Crippen LogP contribution is 2.08. The van der Waals surface area contributed by atoms with Crippen LogP contribution in [0.15, 0.2) is 42.9 Å². The average molecular weight is 297 g/mol. The Morgan fingerprint density at radius 1 is 1.09 bits per heavy atom. The molecule has 22 heavy (non-hydrogen) atoms. The van der Waals surface area contributed by atoms with Crippen molar-refractivity contribution >= 4 is 5.97 Å². The second-order valence-corrected chi connectivity index (χ2v) is 5.14. The smallest absolute Gasteiger partial charge is 0.358 e. The first-order chi connectivity index (χ1) is 10.6. The monoisotopic (exact) mass is 297 g/mol. The number of carbonyl (C=O) groups is 1. The Labute approximate surface area is 126 Å². The largest absolute Gasteiger partial charge is 0.476 e. The van der Waals surface area contributed by atoms with Crippen LogP contribution >= 0.6 is 0 Å². The first-order valence-corrected chi connectivity index (χ1v) is 6.80. The Balaban J connectivity index is 1.67. The van der Waals surface area contributed by atoms with Gasteiger partial charge in [0.2, 0.25) is 0 Å². The van der Waals surface area contributed by atoms with Gasteiger partial charge in [-0.25, -0.2) is 9.48 Å². The van der Waals surface area contributed by atoms with Gasteiger partial charge in [-0.1, -0.05) is 29.5 Å². The second-order valence-electron chi connectivity index (χ2n) is 5.14. The molecule has 0 aliphatic rings. The van der Waals surface area contributed by atoms with E-state index in [1.54, 1.807) is 0 Å². The predicted octanol–water partition coefficient (Wildman–Crippen LogP) is 1.58. The average Bonchev–Trinajstić information content (AvgIpc) is 3.10. The third-order valence-electron chi connectivity index (χ3n) is 3.23. The molecule has 0 atom stereocenters. The maximum Gasteiger partial charge on any atom is 0.358 e. The fourth-order valence-corrected chi connectivity index (χ4v) is 2.15. The van der Waals surface area contributed by atoms with Gasteiger partial charge in [0.05, 0.1) is 25.5 Å². The van der Waals surface area contributed by atoms with Crippen molar-refractivity contribution < 1.29 is 9.90 Å². The Hall–Kier alpha value is -2.96. The van der Waals surface area contributed by atoms with Crippen molar-refractivity contribution in [1.29, 1.82) is 0 Å². The van der Waals surface area contributed by atoms with Crippen molar-refractivity contribution in [2.24, 2.45) is 0 Å². The van der Waals surface area contributed by atoms with E-state index in [2.05, 4.69) is 15.4 Å². The summed E-state index contributed by atoms with van der Waals surface area (Å²) in [6.45, 7) is 3.22. The molecule has 0 aliphatic heterocycles. The molecule has 3 aromatic rings. The van der Waals surface area contributed by atoms with E-state index in [1.165, 1.54) is 10.9 Å². The van der Waals surface area contributed by atoms with Gasteiger partial charge in [-0.05, 0) is 23.6 Å². The Kier molecular flexibility index (Phi) is 3.69. The van der Waals surface area contributed by atoms with Crippen LogP contribution in [0.1, 0.15) is 27.2 Å². The maximum atomic E-state index is 10.8. The summed E-state index contributed by atoms with van der Waals surface area (Å²) in [4.78, 5) is 10.8. The van der Waals surface area contributed by atoms with E-state index in [0.717, 1.165) is 23.2 Å². The minimum absolute atomic E-state index is 0.0503. The predicted molar refractivity (Wildman–Crippen MR) is 78.6 cm³/mol. The molecule has 0 amide bonds. The highest BCUT2D eigenvalue weighted by atomic mass is 16.4. The number of aromatic carboxylic acids is 1. The van der Waals surface area contributed by atoms with Gasteiger partial charge in [-0.15, -0.1) is 5.10 Å². The number of hydrogen-bond donors (Lipinski definition) is 1. The summed E-state index contributed by atoms with van der Waals surface area (Å²) in [5.41, 5.74) is 3.27. The molecule has 0 saturated heterocycles. The molecule has 0 unspecified atom stereocenters. The molecule has 0 radical (unpaired) electrons. The van der Waals surface area contributed by atoms with Crippen LogP contribution in [0, 0.1) is 6.92 Å². The summed E-state index contributed by atoms with van der Waals surface area (Å²) < 4.78 is 3.40. The molecule has 0 saturated carbocycles. The lowest BCUT2D eigenvalue weighted by atomic mass is 10.1. The molecule has 112 valence electrons. The minimum atomic E-state index is -1.07.